The number of hydrogen-bond acceptors (Lipinski definition) is 6. The Morgan fingerprint density at radius 2 is 2.11 bits per heavy atom. The summed E-state index contributed by atoms with van der Waals surface area (Å²) in [6, 6.07) is 7.61. The van der Waals surface area contributed by atoms with Gasteiger partial charge in [-0.1, -0.05) is 0 Å². The maximum Gasteiger partial charge on any atom is 0.207 e. The Kier molecular flexibility index (Phi) is 4.46. The van der Waals surface area contributed by atoms with E-state index in [1.54, 1.807) is 0 Å². The predicted molar refractivity (Wildman–Crippen MR) is 75.2 cm³/mol. The Morgan fingerprint density at radius 3 is 2.74 bits per heavy atom. The number of carbonyl (C=O) groups excluding carboxylic acids is 1. The molecule has 0 atom stereocenters. The summed E-state index contributed by atoms with van der Waals surface area (Å²) in [5.74, 6) is 1.46. The fourth-order valence-electron chi connectivity index (χ4n) is 1.52. The lowest BCUT2D eigenvalue weighted by atomic mass is 10.3. The quantitative estimate of drug-likeness (QED) is 0.879. The summed E-state index contributed by atoms with van der Waals surface area (Å²) in [5.41, 5.74) is 0.911. The number of nitrogens with one attached hydrogen (secondary N) is 1. The Bertz CT molecular complexity index is 551. The zero-order valence-corrected chi connectivity index (χ0v) is 11.7. The minimum Gasteiger partial charge on any atom is -0.494 e. The lowest BCUT2D eigenvalue weighted by molar-refractivity contribution is -0.116. The highest BCUT2D eigenvalue weighted by atomic mass is 32.1. The molecule has 5 nitrogen and oxygen atoms in total. The number of carbonyl (C=O) groups is 1. The molecule has 0 bridgehead atoms. The standard InChI is InChI=1S/C13H15N3O2S/c1-3-18-11-6-4-10(5-7-11)14-13-15-12(16-19-13)8-9(2)17/h4-7H,3,8H2,1-2H3,(H,14,15,16). The van der Waals surface area contributed by atoms with Crippen molar-refractivity contribution in [3.8, 4) is 5.75 Å². The molecule has 0 spiro atoms. The van der Waals surface area contributed by atoms with Gasteiger partial charge in [0.15, 0.2) is 5.82 Å². The van der Waals surface area contributed by atoms with Crippen molar-refractivity contribution in [3.05, 3.63) is 30.1 Å². The smallest absolute Gasteiger partial charge is 0.207 e. The number of ketones is 1. The van der Waals surface area contributed by atoms with Gasteiger partial charge in [-0.05, 0) is 38.1 Å². The zero-order chi connectivity index (χ0) is 13.7. The summed E-state index contributed by atoms with van der Waals surface area (Å²) < 4.78 is 9.49. The van der Waals surface area contributed by atoms with E-state index in [2.05, 4.69) is 14.7 Å². The highest BCUT2D eigenvalue weighted by Gasteiger charge is 2.06. The maximum absolute atomic E-state index is 11.0. The van der Waals surface area contributed by atoms with E-state index in [1.165, 1.54) is 18.5 Å². The van der Waals surface area contributed by atoms with E-state index in [0.29, 0.717) is 17.6 Å². The number of rotatable bonds is 6. The van der Waals surface area contributed by atoms with Gasteiger partial charge in [-0.3, -0.25) is 4.79 Å². The van der Waals surface area contributed by atoms with E-state index in [4.69, 9.17) is 4.74 Å². The van der Waals surface area contributed by atoms with Gasteiger partial charge in [0, 0.05) is 17.2 Å². The monoisotopic (exact) mass is 277 g/mol. The molecule has 2 aromatic rings. The molecule has 0 fully saturated rings. The van der Waals surface area contributed by atoms with E-state index in [-0.39, 0.29) is 12.2 Å². The number of hydrogen-bond donors (Lipinski definition) is 1. The molecule has 0 aliphatic rings. The highest BCUT2D eigenvalue weighted by molar-refractivity contribution is 7.09. The fraction of sp³-hybridized carbons (Fsp3) is 0.308. The van der Waals surface area contributed by atoms with Gasteiger partial charge in [-0.2, -0.15) is 4.37 Å². The number of ether oxygens (including phenoxy) is 1. The van der Waals surface area contributed by atoms with Crippen molar-refractivity contribution in [2.75, 3.05) is 11.9 Å². The second-order valence-electron chi connectivity index (χ2n) is 3.98. The van der Waals surface area contributed by atoms with Crippen LogP contribution >= 0.6 is 11.5 Å². The largest absolute Gasteiger partial charge is 0.494 e. The summed E-state index contributed by atoms with van der Waals surface area (Å²) in [4.78, 5) is 15.2. The number of benzene rings is 1. The normalized spacial score (nSPS) is 10.2. The third kappa shape index (κ3) is 4.03. The predicted octanol–water partition coefficient (Wildman–Crippen LogP) is 2.81. The molecule has 0 saturated carbocycles. The van der Waals surface area contributed by atoms with Crippen molar-refractivity contribution in [2.24, 2.45) is 0 Å². The number of nitrogens with zero attached hydrogens (tertiary/aromatic N) is 2. The zero-order valence-electron chi connectivity index (χ0n) is 10.8. The molecule has 0 unspecified atom stereocenters. The molecule has 1 heterocycles. The summed E-state index contributed by atoms with van der Waals surface area (Å²) in [5, 5.41) is 3.83. The second kappa shape index (κ2) is 6.29. The van der Waals surface area contributed by atoms with Crippen LogP contribution in [0.25, 0.3) is 0 Å². The fourth-order valence-corrected chi connectivity index (χ4v) is 2.13. The van der Waals surface area contributed by atoms with E-state index < -0.39 is 0 Å². The average molecular weight is 277 g/mol. The first kappa shape index (κ1) is 13.5. The third-order valence-electron chi connectivity index (χ3n) is 2.29. The van der Waals surface area contributed by atoms with E-state index >= 15 is 0 Å². The lowest BCUT2D eigenvalue weighted by Crippen LogP contribution is -1.98. The van der Waals surface area contributed by atoms with Crippen molar-refractivity contribution in [1.82, 2.24) is 9.36 Å². The van der Waals surface area contributed by atoms with E-state index in [1.807, 2.05) is 31.2 Å². The average Bonchev–Trinajstić information content (AvgIpc) is 2.78. The summed E-state index contributed by atoms with van der Waals surface area (Å²) in [7, 11) is 0. The number of Topliss-reactive ketones (excluding diaryl/α,β-unsaturated/α-hetero) is 1. The Labute approximate surface area is 115 Å². The summed E-state index contributed by atoms with van der Waals surface area (Å²) in [6.45, 7) is 4.13. The third-order valence-corrected chi connectivity index (χ3v) is 2.96. The van der Waals surface area contributed by atoms with Gasteiger partial charge in [0.2, 0.25) is 5.13 Å². The molecule has 0 saturated heterocycles. The first-order valence-corrected chi connectivity index (χ1v) is 6.76. The molecule has 1 aromatic heterocycles. The molecular formula is C13H15N3O2S. The lowest BCUT2D eigenvalue weighted by Gasteiger charge is -2.05. The van der Waals surface area contributed by atoms with Crippen LogP contribution in [0, 0.1) is 0 Å². The molecule has 0 amide bonds. The van der Waals surface area contributed by atoms with Gasteiger partial charge >= 0.3 is 0 Å². The Hall–Kier alpha value is -1.95. The van der Waals surface area contributed by atoms with Crippen molar-refractivity contribution in [3.63, 3.8) is 0 Å². The molecule has 100 valence electrons. The van der Waals surface area contributed by atoms with E-state index in [9.17, 15) is 4.79 Å². The molecule has 1 aromatic carbocycles. The van der Waals surface area contributed by atoms with Gasteiger partial charge in [-0.15, -0.1) is 0 Å². The van der Waals surface area contributed by atoms with Crippen LogP contribution in [0.3, 0.4) is 0 Å². The van der Waals surface area contributed by atoms with Crippen molar-refractivity contribution >= 4 is 28.1 Å². The summed E-state index contributed by atoms with van der Waals surface area (Å²) >= 11 is 1.25. The van der Waals surface area contributed by atoms with Crippen LogP contribution in [-0.4, -0.2) is 21.7 Å². The Morgan fingerprint density at radius 1 is 1.37 bits per heavy atom. The SMILES string of the molecule is CCOc1ccc(Nc2nc(CC(C)=O)ns2)cc1. The van der Waals surface area contributed by atoms with Crippen LogP contribution in [0.1, 0.15) is 19.7 Å². The molecule has 0 radical (unpaired) electrons. The molecule has 2 rings (SSSR count). The van der Waals surface area contributed by atoms with Gasteiger partial charge in [0.25, 0.3) is 0 Å². The minimum absolute atomic E-state index is 0.0606. The molecule has 6 heteroatoms. The molecule has 1 N–H and O–H groups in total. The summed E-state index contributed by atoms with van der Waals surface area (Å²) in [6.07, 6.45) is 0.279. The minimum atomic E-state index is 0.0606. The van der Waals surface area contributed by atoms with Gasteiger partial charge in [-0.25, -0.2) is 4.98 Å². The van der Waals surface area contributed by atoms with Crippen LogP contribution in [0.4, 0.5) is 10.8 Å². The van der Waals surface area contributed by atoms with Crippen LogP contribution < -0.4 is 10.1 Å². The van der Waals surface area contributed by atoms with Gasteiger partial charge < -0.3 is 10.1 Å². The number of anilines is 2. The molecular weight excluding hydrogens is 262 g/mol. The second-order valence-corrected chi connectivity index (χ2v) is 4.73. The Balaban J connectivity index is 2.00. The molecule has 0 aliphatic carbocycles. The van der Waals surface area contributed by atoms with E-state index in [0.717, 1.165) is 11.4 Å². The maximum atomic E-state index is 11.0. The van der Waals surface area contributed by atoms with Crippen LogP contribution in [0.2, 0.25) is 0 Å². The van der Waals surface area contributed by atoms with Crippen LogP contribution in [-0.2, 0) is 11.2 Å². The van der Waals surface area contributed by atoms with Crippen LogP contribution in [0.5, 0.6) is 5.75 Å². The molecule has 0 aliphatic heterocycles. The van der Waals surface area contributed by atoms with Crippen molar-refractivity contribution in [1.29, 1.82) is 0 Å². The first-order chi connectivity index (χ1) is 9.17. The topological polar surface area (TPSA) is 64.1 Å². The van der Waals surface area contributed by atoms with Crippen LogP contribution in [0.15, 0.2) is 24.3 Å². The van der Waals surface area contributed by atoms with Gasteiger partial charge in [0.05, 0.1) is 13.0 Å². The number of aromatic nitrogens is 2. The highest BCUT2D eigenvalue weighted by Crippen LogP contribution is 2.21. The van der Waals surface area contributed by atoms with Crippen molar-refractivity contribution in [2.45, 2.75) is 20.3 Å². The molecule has 19 heavy (non-hydrogen) atoms. The van der Waals surface area contributed by atoms with Crippen molar-refractivity contribution < 1.29 is 9.53 Å². The first-order valence-electron chi connectivity index (χ1n) is 5.99. The van der Waals surface area contributed by atoms with Gasteiger partial charge in [0.1, 0.15) is 11.5 Å².